The van der Waals surface area contributed by atoms with E-state index in [-0.39, 0.29) is 0 Å². The van der Waals surface area contributed by atoms with Gasteiger partial charge in [0.2, 0.25) is 0 Å². The van der Waals surface area contributed by atoms with E-state index in [1.165, 1.54) is 12.8 Å². The third-order valence-electron chi connectivity index (χ3n) is 1.79. The minimum atomic E-state index is 0.774. The zero-order chi connectivity index (χ0) is 6.97. The van der Waals surface area contributed by atoms with Gasteiger partial charge in [0.1, 0.15) is 0 Å². The second kappa shape index (κ2) is 2.20. The quantitative estimate of drug-likeness (QED) is 0.558. The van der Waals surface area contributed by atoms with Gasteiger partial charge < -0.3 is 4.57 Å². The lowest BCUT2D eigenvalue weighted by atomic mass is 10.5. The standard InChI is InChI=1S/C8H9NS/c10-8-3-5-9(6-4-8)7-1-2-7/h3-7H,1-2H2. The van der Waals surface area contributed by atoms with Crippen molar-refractivity contribution in [1.82, 2.24) is 4.57 Å². The summed E-state index contributed by atoms with van der Waals surface area (Å²) in [5.41, 5.74) is 0. The molecule has 0 aromatic carbocycles. The van der Waals surface area contributed by atoms with Crippen LogP contribution in [0, 0.1) is 4.51 Å². The topological polar surface area (TPSA) is 4.93 Å². The summed E-state index contributed by atoms with van der Waals surface area (Å²) >= 11 is 4.97. The molecule has 1 fully saturated rings. The van der Waals surface area contributed by atoms with E-state index in [1.807, 2.05) is 12.1 Å². The lowest BCUT2D eigenvalue weighted by molar-refractivity contribution is 0.734. The van der Waals surface area contributed by atoms with Crippen LogP contribution in [0.1, 0.15) is 18.9 Å². The number of rotatable bonds is 1. The van der Waals surface area contributed by atoms with Crippen LogP contribution in [-0.4, -0.2) is 4.57 Å². The van der Waals surface area contributed by atoms with Crippen molar-refractivity contribution in [2.75, 3.05) is 0 Å². The fraction of sp³-hybridized carbons (Fsp3) is 0.375. The highest BCUT2D eigenvalue weighted by Gasteiger charge is 2.21. The van der Waals surface area contributed by atoms with E-state index in [9.17, 15) is 0 Å². The Morgan fingerprint density at radius 1 is 1.30 bits per heavy atom. The first-order chi connectivity index (χ1) is 4.86. The molecule has 10 heavy (non-hydrogen) atoms. The van der Waals surface area contributed by atoms with Gasteiger partial charge in [0.05, 0.1) is 0 Å². The second-order valence-corrected chi connectivity index (χ2v) is 3.18. The predicted molar refractivity (Wildman–Crippen MR) is 43.5 cm³/mol. The van der Waals surface area contributed by atoms with Gasteiger partial charge in [-0.25, -0.2) is 0 Å². The average molecular weight is 151 g/mol. The normalized spacial score (nSPS) is 17.2. The summed E-state index contributed by atoms with van der Waals surface area (Å²) in [5, 5.41) is 0. The van der Waals surface area contributed by atoms with Gasteiger partial charge in [-0.1, -0.05) is 12.2 Å². The van der Waals surface area contributed by atoms with Gasteiger partial charge in [0, 0.05) is 22.9 Å². The molecule has 52 valence electrons. The first kappa shape index (κ1) is 6.10. The summed E-state index contributed by atoms with van der Waals surface area (Å²) in [6.07, 6.45) is 6.81. The van der Waals surface area contributed by atoms with Crippen molar-refractivity contribution in [3.05, 3.63) is 29.0 Å². The maximum absolute atomic E-state index is 4.97. The molecule has 2 rings (SSSR count). The van der Waals surface area contributed by atoms with Gasteiger partial charge >= 0.3 is 0 Å². The molecule has 0 bridgehead atoms. The Labute approximate surface area is 65.3 Å². The molecule has 0 saturated heterocycles. The molecule has 0 radical (unpaired) electrons. The molecule has 1 heterocycles. The first-order valence-electron chi connectivity index (χ1n) is 3.54. The van der Waals surface area contributed by atoms with Crippen LogP contribution in [0.25, 0.3) is 0 Å². The van der Waals surface area contributed by atoms with E-state index in [4.69, 9.17) is 12.2 Å². The molecule has 0 N–H and O–H groups in total. The lowest BCUT2D eigenvalue weighted by Crippen LogP contribution is -1.91. The monoisotopic (exact) mass is 151 g/mol. The molecular weight excluding hydrogens is 142 g/mol. The van der Waals surface area contributed by atoms with Crippen molar-refractivity contribution in [2.24, 2.45) is 0 Å². The van der Waals surface area contributed by atoms with Crippen molar-refractivity contribution in [3.8, 4) is 0 Å². The van der Waals surface area contributed by atoms with Gasteiger partial charge in [-0.15, -0.1) is 0 Å². The molecule has 0 aliphatic heterocycles. The highest BCUT2D eigenvalue weighted by Crippen LogP contribution is 2.34. The van der Waals surface area contributed by atoms with E-state index >= 15 is 0 Å². The summed E-state index contributed by atoms with van der Waals surface area (Å²) in [6.45, 7) is 0. The minimum absolute atomic E-state index is 0.774. The summed E-state index contributed by atoms with van der Waals surface area (Å²) in [5.74, 6) is 0. The summed E-state index contributed by atoms with van der Waals surface area (Å²) < 4.78 is 3.16. The van der Waals surface area contributed by atoms with Crippen molar-refractivity contribution in [1.29, 1.82) is 0 Å². The van der Waals surface area contributed by atoms with Gasteiger partial charge in [0.25, 0.3) is 0 Å². The van der Waals surface area contributed by atoms with Gasteiger partial charge in [-0.2, -0.15) is 0 Å². The second-order valence-electron chi connectivity index (χ2n) is 2.71. The van der Waals surface area contributed by atoms with Crippen LogP contribution < -0.4 is 0 Å². The number of aromatic nitrogens is 1. The highest BCUT2D eigenvalue weighted by atomic mass is 32.1. The Balaban J connectivity index is 2.36. The fourth-order valence-electron chi connectivity index (χ4n) is 1.04. The minimum Gasteiger partial charge on any atom is -0.351 e. The molecule has 0 spiro atoms. The molecule has 1 aliphatic rings. The van der Waals surface area contributed by atoms with E-state index in [0.29, 0.717) is 0 Å². The average Bonchev–Trinajstić information content (AvgIpc) is 2.71. The third-order valence-corrected chi connectivity index (χ3v) is 2.06. The Bertz CT molecular complexity index is 265. The highest BCUT2D eigenvalue weighted by molar-refractivity contribution is 7.71. The van der Waals surface area contributed by atoms with Crippen LogP contribution in [0.5, 0.6) is 0 Å². The Kier molecular flexibility index (Phi) is 1.34. The Hall–Kier alpha value is -0.630. The molecule has 0 unspecified atom stereocenters. The fourth-order valence-corrected chi connectivity index (χ4v) is 1.16. The van der Waals surface area contributed by atoms with Crippen LogP contribution in [0.4, 0.5) is 0 Å². The molecule has 1 saturated carbocycles. The Morgan fingerprint density at radius 3 is 2.40 bits per heavy atom. The number of pyridine rings is 1. The van der Waals surface area contributed by atoms with Crippen molar-refractivity contribution in [3.63, 3.8) is 0 Å². The van der Waals surface area contributed by atoms with E-state index in [2.05, 4.69) is 17.0 Å². The maximum Gasteiger partial charge on any atom is 0.0406 e. The van der Waals surface area contributed by atoms with E-state index in [0.717, 1.165) is 10.6 Å². The third kappa shape index (κ3) is 1.12. The molecule has 0 amide bonds. The van der Waals surface area contributed by atoms with E-state index in [1.54, 1.807) is 0 Å². The smallest absolute Gasteiger partial charge is 0.0406 e. The van der Waals surface area contributed by atoms with Crippen molar-refractivity contribution >= 4 is 12.2 Å². The predicted octanol–water partition coefficient (Wildman–Crippen LogP) is 2.55. The van der Waals surface area contributed by atoms with Gasteiger partial charge in [0.15, 0.2) is 0 Å². The van der Waals surface area contributed by atoms with Crippen LogP contribution in [0.2, 0.25) is 0 Å². The number of hydrogen-bond donors (Lipinski definition) is 0. The first-order valence-corrected chi connectivity index (χ1v) is 3.95. The number of hydrogen-bond acceptors (Lipinski definition) is 1. The van der Waals surface area contributed by atoms with Gasteiger partial charge in [-0.3, -0.25) is 0 Å². The maximum atomic E-state index is 4.97. The van der Waals surface area contributed by atoms with Crippen molar-refractivity contribution in [2.45, 2.75) is 18.9 Å². The SMILES string of the molecule is S=c1ccn(C2CC2)cc1. The van der Waals surface area contributed by atoms with Crippen LogP contribution in [0.15, 0.2) is 24.5 Å². The summed E-state index contributed by atoms with van der Waals surface area (Å²) in [7, 11) is 0. The molecular formula is C8H9NS. The zero-order valence-corrected chi connectivity index (χ0v) is 6.47. The summed E-state index contributed by atoms with van der Waals surface area (Å²) in [4.78, 5) is 0. The molecule has 2 heteroatoms. The van der Waals surface area contributed by atoms with Crippen LogP contribution in [-0.2, 0) is 0 Å². The molecule has 0 atom stereocenters. The Morgan fingerprint density at radius 2 is 1.90 bits per heavy atom. The molecule has 1 aromatic rings. The molecule has 1 nitrogen and oxygen atoms in total. The van der Waals surface area contributed by atoms with Crippen molar-refractivity contribution < 1.29 is 0 Å². The van der Waals surface area contributed by atoms with E-state index < -0.39 is 0 Å². The molecule has 1 aliphatic carbocycles. The molecule has 1 aromatic heterocycles. The van der Waals surface area contributed by atoms with Crippen LogP contribution >= 0.6 is 12.2 Å². The van der Waals surface area contributed by atoms with Crippen LogP contribution in [0.3, 0.4) is 0 Å². The lowest BCUT2D eigenvalue weighted by Gasteiger charge is -2.00. The summed E-state index contributed by atoms with van der Waals surface area (Å²) in [6, 6.07) is 4.73. The zero-order valence-electron chi connectivity index (χ0n) is 5.66. The van der Waals surface area contributed by atoms with Gasteiger partial charge in [-0.05, 0) is 25.0 Å². The largest absolute Gasteiger partial charge is 0.351 e. The number of nitrogens with zero attached hydrogens (tertiary/aromatic N) is 1.